The molecule has 0 fully saturated rings. The van der Waals surface area contributed by atoms with Gasteiger partial charge >= 0.3 is 0 Å². The molecular weight excluding hydrogens is 380 g/mol. The van der Waals surface area contributed by atoms with Crippen LogP contribution < -0.4 is 4.90 Å². The molecule has 152 valence electrons. The second-order valence-corrected chi connectivity index (χ2v) is 7.93. The number of nitriles is 1. The van der Waals surface area contributed by atoms with E-state index in [0.717, 1.165) is 39.2 Å². The maximum atomic E-state index is 9.97. The van der Waals surface area contributed by atoms with Crippen LogP contribution in [0.3, 0.4) is 0 Å². The van der Waals surface area contributed by atoms with Gasteiger partial charge in [-0.2, -0.15) is 5.26 Å². The Morgan fingerprint density at radius 2 is 1.26 bits per heavy atom. The van der Waals surface area contributed by atoms with Crippen molar-refractivity contribution in [3.8, 4) is 17.3 Å². The molecule has 0 aliphatic carbocycles. The minimum atomic E-state index is 0.291. The van der Waals surface area contributed by atoms with Crippen LogP contribution in [0.15, 0.2) is 72.9 Å². The number of hydrogen-bond acceptors (Lipinski definition) is 4. The summed E-state index contributed by atoms with van der Waals surface area (Å²) in [6.45, 7) is 8.30. The first-order chi connectivity index (χ1) is 14.9. The molecule has 4 rings (SSSR count). The lowest BCUT2D eigenvalue weighted by Crippen LogP contribution is -2.15. The van der Waals surface area contributed by atoms with Crippen LogP contribution in [0.2, 0.25) is 0 Å². The fraction of sp³-hybridized carbons (Fsp3) is 0.148. The van der Waals surface area contributed by atoms with Gasteiger partial charge in [-0.25, -0.2) is 9.97 Å². The van der Waals surface area contributed by atoms with E-state index in [1.54, 1.807) is 6.20 Å². The van der Waals surface area contributed by atoms with Crippen molar-refractivity contribution >= 4 is 17.2 Å². The van der Waals surface area contributed by atoms with E-state index < -0.39 is 0 Å². The standard InChI is InChI=1S/C27H24N4/c1-18-10-19(2)13-23(12-18)31(24-14-20(3)11-21(4)15-24)27-25(16-28)30-26(17-29-27)22-8-6-5-7-9-22/h5-15,17H,1-4H3. The smallest absolute Gasteiger partial charge is 0.184 e. The average Bonchev–Trinajstić information content (AvgIpc) is 2.73. The van der Waals surface area contributed by atoms with E-state index in [1.165, 1.54) is 0 Å². The van der Waals surface area contributed by atoms with Crippen LogP contribution in [-0.2, 0) is 0 Å². The van der Waals surface area contributed by atoms with Gasteiger partial charge in [0.05, 0.1) is 11.9 Å². The Labute approximate surface area is 183 Å². The molecule has 0 aliphatic rings. The molecule has 0 unspecified atom stereocenters. The van der Waals surface area contributed by atoms with Gasteiger partial charge < -0.3 is 0 Å². The SMILES string of the molecule is Cc1cc(C)cc(N(c2cc(C)cc(C)c2)c2ncc(-c3ccccc3)nc2C#N)c1. The molecule has 4 aromatic rings. The maximum Gasteiger partial charge on any atom is 0.184 e. The van der Waals surface area contributed by atoms with Crippen molar-refractivity contribution in [2.75, 3.05) is 4.90 Å². The third kappa shape index (κ3) is 4.31. The van der Waals surface area contributed by atoms with E-state index in [1.807, 2.05) is 35.2 Å². The Morgan fingerprint density at radius 3 is 1.74 bits per heavy atom. The number of anilines is 3. The Balaban J connectivity index is 1.94. The molecule has 0 aliphatic heterocycles. The van der Waals surface area contributed by atoms with Crippen LogP contribution in [0.4, 0.5) is 17.2 Å². The van der Waals surface area contributed by atoms with Crippen molar-refractivity contribution in [3.63, 3.8) is 0 Å². The Bertz CT molecular complexity index is 1190. The molecule has 31 heavy (non-hydrogen) atoms. The topological polar surface area (TPSA) is 52.8 Å². The van der Waals surface area contributed by atoms with Crippen molar-refractivity contribution in [2.24, 2.45) is 0 Å². The molecule has 0 atom stereocenters. The Kier molecular flexibility index (Phi) is 5.51. The van der Waals surface area contributed by atoms with E-state index in [2.05, 4.69) is 75.1 Å². The lowest BCUT2D eigenvalue weighted by molar-refractivity contribution is 1.10. The molecule has 3 aromatic carbocycles. The third-order valence-corrected chi connectivity index (χ3v) is 5.07. The summed E-state index contributed by atoms with van der Waals surface area (Å²) in [5, 5.41) is 9.97. The van der Waals surface area contributed by atoms with E-state index >= 15 is 0 Å². The number of benzene rings is 3. The fourth-order valence-electron chi connectivity index (χ4n) is 3.92. The number of aromatic nitrogens is 2. The predicted octanol–water partition coefficient (Wildman–Crippen LogP) is 6.72. The van der Waals surface area contributed by atoms with Gasteiger partial charge in [-0.05, 0) is 74.2 Å². The lowest BCUT2D eigenvalue weighted by Gasteiger charge is -2.26. The molecule has 0 N–H and O–H groups in total. The quantitative estimate of drug-likeness (QED) is 0.379. The monoisotopic (exact) mass is 404 g/mol. The largest absolute Gasteiger partial charge is 0.293 e. The van der Waals surface area contributed by atoms with Gasteiger partial charge in [0.25, 0.3) is 0 Å². The van der Waals surface area contributed by atoms with Gasteiger partial charge in [-0.15, -0.1) is 0 Å². The summed E-state index contributed by atoms with van der Waals surface area (Å²) in [5.41, 5.74) is 8.42. The second kappa shape index (κ2) is 8.41. The van der Waals surface area contributed by atoms with E-state index in [9.17, 15) is 5.26 Å². The fourth-order valence-corrected chi connectivity index (χ4v) is 3.92. The van der Waals surface area contributed by atoms with Gasteiger partial charge in [-0.1, -0.05) is 42.5 Å². The van der Waals surface area contributed by atoms with E-state index in [-0.39, 0.29) is 0 Å². The molecular formula is C27H24N4. The highest BCUT2D eigenvalue weighted by Gasteiger charge is 2.20. The summed E-state index contributed by atoms with van der Waals surface area (Å²) in [4.78, 5) is 11.4. The molecule has 0 saturated heterocycles. The van der Waals surface area contributed by atoms with E-state index in [4.69, 9.17) is 4.98 Å². The van der Waals surface area contributed by atoms with Crippen LogP contribution in [0.5, 0.6) is 0 Å². The maximum absolute atomic E-state index is 9.97. The van der Waals surface area contributed by atoms with Crippen molar-refractivity contribution in [1.82, 2.24) is 9.97 Å². The van der Waals surface area contributed by atoms with Crippen LogP contribution in [0.25, 0.3) is 11.3 Å². The molecule has 0 amide bonds. The number of hydrogen-bond donors (Lipinski definition) is 0. The van der Waals surface area contributed by atoms with Crippen LogP contribution >= 0.6 is 0 Å². The van der Waals surface area contributed by atoms with Crippen molar-refractivity contribution in [3.05, 3.63) is 101 Å². The normalized spacial score (nSPS) is 10.5. The molecule has 0 radical (unpaired) electrons. The zero-order valence-corrected chi connectivity index (χ0v) is 18.2. The van der Waals surface area contributed by atoms with Gasteiger partial charge in [0.15, 0.2) is 11.5 Å². The lowest BCUT2D eigenvalue weighted by atomic mass is 10.1. The van der Waals surface area contributed by atoms with Crippen LogP contribution in [0, 0.1) is 39.0 Å². The molecule has 0 bridgehead atoms. The first kappa shape index (κ1) is 20.3. The minimum absolute atomic E-state index is 0.291. The number of aryl methyl sites for hydroxylation is 4. The summed E-state index contributed by atoms with van der Waals surface area (Å²) in [5.74, 6) is 0.525. The second-order valence-electron chi connectivity index (χ2n) is 7.93. The zero-order valence-electron chi connectivity index (χ0n) is 18.2. The van der Waals surface area contributed by atoms with Gasteiger partial charge in [0.2, 0.25) is 0 Å². The third-order valence-electron chi connectivity index (χ3n) is 5.07. The summed E-state index contributed by atoms with van der Waals surface area (Å²) >= 11 is 0. The highest BCUT2D eigenvalue weighted by atomic mass is 15.2. The highest BCUT2D eigenvalue weighted by molar-refractivity contribution is 5.78. The zero-order chi connectivity index (χ0) is 22.0. The summed E-state index contributed by atoms with van der Waals surface area (Å²) in [6.07, 6.45) is 1.74. The van der Waals surface area contributed by atoms with Gasteiger partial charge in [0.1, 0.15) is 6.07 Å². The molecule has 0 saturated carbocycles. The number of nitrogens with zero attached hydrogens (tertiary/aromatic N) is 4. The van der Waals surface area contributed by atoms with E-state index in [0.29, 0.717) is 17.2 Å². The van der Waals surface area contributed by atoms with Crippen LogP contribution in [0.1, 0.15) is 27.9 Å². The molecule has 1 aromatic heterocycles. The predicted molar refractivity (Wildman–Crippen MR) is 126 cm³/mol. The summed E-state index contributed by atoms with van der Waals surface area (Å²) < 4.78 is 0. The Hall–Kier alpha value is -3.97. The molecule has 1 heterocycles. The van der Waals surface area contributed by atoms with Crippen LogP contribution in [-0.4, -0.2) is 9.97 Å². The Morgan fingerprint density at radius 1 is 0.742 bits per heavy atom. The van der Waals surface area contributed by atoms with Gasteiger partial charge in [-0.3, -0.25) is 4.90 Å². The minimum Gasteiger partial charge on any atom is -0.293 e. The average molecular weight is 405 g/mol. The van der Waals surface area contributed by atoms with Gasteiger partial charge in [0, 0.05) is 16.9 Å². The first-order valence-corrected chi connectivity index (χ1v) is 10.2. The number of rotatable bonds is 4. The summed E-state index contributed by atoms with van der Waals surface area (Å²) in [7, 11) is 0. The van der Waals surface area contributed by atoms with Crippen molar-refractivity contribution in [2.45, 2.75) is 27.7 Å². The molecule has 4 nitrogen and oxygen atoms in total. The molecule has 0 spiro atoms. The molecule has 4 heteroatoms. The van der Waals surface area contributed by atoms with Crippen molar-refractivity contribution < 1.29 is 0 Å². The first-order valence-electron chi connectivity index (χ1n) is 10.2. The van der Waals surface area contributed by atoms with Crippen molar-refractivity contribution in [1.29, 1.82) is 5.26 Å². The highest BCUT2D eigenvalue weighted by Crippen LogP contribution is 2.37. The summed E-state index contributed by atoms with van der Waals surface area (Å²) in [6, 6.07) is 24.8.